The molecular weight excluding hydrogens is 372 g/mol. The van der Waals surface area contributed by atoms with Crippen molar-refractivity contribution in [2.45, 2.75) is 24.3 Å². The standard InChI is InChI=1S/C18H17F2N5OS/c1-10-7-8-12(9-15(10)20)22-17(26)11(2)27-18-24-23-16(25(18)21)13-5-3-4-6-14(13)19/h3-9,11H,21H2,1-2H3,(H,22,26)/t11-/m0/s1. The lowest BCUT2D eigenvalue weighted by molar-refractivity contribution is -0.115. The first-order valence-electron chi connectivity index (χ1n) is 8.06. The van der Waals surface area contributed by atoms with Crippen molar-refractivity contribution in [3.8, 4) is 11.4 Å². The van der Waals surface area contributed by atoms with Gasteiger partial charge in [-0.2, -0.15) is 0 Å². The highest BCUT2D eigenvalue weighted by atomic mass is 32.2. The molecule has 0 aliphatic heterocycles. The molecule has 0 saturated carbocycles. The van der Waals surface area contributed by atoms with Gasteiger partial charge < -0.3 is 11.2 Å². The summed E-state index contributed by atoms with van der Waals surface area (Å²) in [6, 6.07) is 10.5. The molecule has 1 aromatic heterocycles. The molecule has 0 bridgehead atoms. The molecule has 1 amide bonds. The lowest BCUT2D eigenvalue weighted by Crippen LogP contribution is -2.23. The number of amides is 1. The van der Waals surface area contributed by atoms with Crippen LogP contribution < -0.4 is 11.2 Å². The zero-order valence-corrected chi connectivity index (χ0v) is 15.4. The van der Waals surface area contributed by atoms with Gasteiger partial charge in [0.25, 0.3) is 0 Å². The van der Waals surface area contributed by atoms with E-state index in [0.29, 0.717) is 11.3 Å². The number of hydrogen-bond acceptors (Lipinski definition) is 5. The van der Waals surface area contributed by atoms with E-state index in [2.05, 4.69) is 15.5 Å². The van der Waals surface area contributed by atoms with Crippen LogP contribution in [0.5, 0.6) is 0 Å². The number of rotatable bonds is 5. The smallest absolute Gasteiger partial charge is 0.237 e. The summed E-state index contributed by atoms with van der Waals surface area (Å²) in [5.41, 5.74) is 1.07. The zero-order chi connectivity index (χ0) is 19.6. The molecule has 3 N–H and O–H groups in total. The molecule has 3 aromatic rings. The molecular formula is C18H17F2N5OS. The second-order valence-electron chi connectivity index (χ2n) is 5.87. The Morgan fingerprint density at radius 1 is 1.19 bits per heavy atom. The summed E-state index contributed by atoms with van der Waals surface area (Å²) in [5, 5.41) is 10.1. The number of nitrogens with one attached hydrogen (secondary N) is 1. The van der Waals surface area contributed by atoms with E-state index in [1.807, 2.05) is 0 Å². The van der Waals surface area contributed by atoms with Crippen molar-refractivity contribution in [2.75, 3.05) is 11.2 Å². The Kier molecular flexibility index (Phi) is 5.41. The highest BCUT2D eigenvalue weighted by molar-refractivity contribution is 8.00. The van der Waals surface area contributed by atoms with E-state index >= 15 is 0 Å². The number of nitrogens with two attached hydrogens (primary N) is 1. The lowest BCUT2D eigenvalue weighted by atomic mass is 10.2. The number of aromatic nitrogens is 3. The summed E-state index contributed by atoms with van der Waals surface area (Å²) >= 11 is 1.06. The fourth-order valence-electron chi connectivity index (χ4n) is 2.31. The molecule has 1 atom stereocenters. The zero-order valence-electron chi connectivity index (χ0n) is 14.6. The number of halogens is 2. The number of nitrogens with zero attached hydrogens (tertiary/aromatic N) is 3. The van der Waals surface area contributed by atoms with Gasteiger partial charge in [-0.15, -0.1) is 10.2 Å². The van der Waals surface area contributed by atoms with E-state index in [1.165, 1.54) is 12.1 Å². The maximum atomic E-state index is 13.9. The van der Waals surface area contributed by atoms with Crippen LogP contribution in [0.25, 0.3) is 11.4 Å². The fourth-order valence-corrected chi connectivity index (χ4v) is 3.08. The van der Waals surface area contributed by atoms with E-state index < -0.39 is 16.9 Å². The summed E-state index contributed by atoms with van der Waals surface area (Å²) in [6.45, 7) is 3.29. The van der Waals surface area contributed by atoms with Crippen LogP contribution in [-0.2, 0) is 4.79 Å². The summed E-state index contributed by atoms with van der Waals surface area (Å²) in [7, 11) is 0. The van der Waals surface area contributed by atoms with Crippen LogP contribution >= 0.6 is 11.8 Å². The molecule has 0 saturated heterocycles. The summed E-state index contributed by atoms with van der Waals surface area (Å²) in [4.78, 5) is 12.3. The Morgan fingerprint density at radius 3 is 2.63 bits per heavy atom. The van der Waals surface area contributed by atoms with Crippen molar-refractivity contribution >= 4 is 23.4 Å². The van der Waals surface area contributed by atoms with E-state index in [9.17, 15) is 13.6 Å². The van der Waals surface area contributed by atoms with Gasteiger partial charge in [0.15, 0.2) is 5.82 Å². The Hall–Kier alpha value is -2.94. The molecule has 0 spiro atoms. The van der Waals surface area contributed by atoms with Crippen molar-refractivity contribution in [1.29, 1.82) is 0 Å². The van der Waals surface area contributed by atoms with Crippen LogP contribution in [0.2, 0.25) is 0 Å². The van der Waals surface area contributed by atoms with Gasteiger partial charge in [-0.3, -0.25) is 4.79 Å². The number of carbonyl (C=O) groups excluding carboxylic acids is 1. The first-order valence-corrected chi connectivity index (χ1v) is 8.94. The van der Waals surface area contributed by atoms with Crippen molar-refractivity contribution in [2.24, 2.45) is 0 Å². The van der Waals surface area contributed by atoms with Crippen LogP contribution in [-0.4, -0.2) is 26.0 Å². The number of nitrogen functional groups attached to an aromatic ring is 1. The van der Waals surface area contributed by atoms with E-state index in [0.717, 1.165) is 16.4 Å². The topological polar surface area (TPSA) is 85.8 Å². The molecule has 140 valence electrons. The highest BCUT2D eigenvalue weighted by Gasteiger charge is 2.21. The molecule has 3 rings (SSSR count). The molecule has 9 heteroatoms. The van der Waals surface area contributed by atoms with Gasteiger partial charge in [0, 0.05) is 5.69 Å². The first kappa shape index (κ1) is 18.8. The number of aryl methyl sites for hydroxylation is 1. The van der Waals surface area contributed by atoms with Gasteiger partial charge in [0.05, 0.1) is 10.8 Å². The monoisotopic (exact) mass is 389 g/mol. The third-order valence-corrected chi connectivity index (χ3v) is 4.93. The first-order chi connectivity index (χ1) is 12.9. The predicted octanol–water partition coefficient (Wildman–Crippen LogP) is 3.36. The van der Waals surface area contributed by atoms with Crippen molar-refractivity contribution < 1.29 is 13.6 Å². The number of hydrogen-bond donors (Lipinski definition) is 2. The van der Waals surface area contributed by atoms with Gasteiger partial charge >= 0.3 is 0 Å². The summed E-state index contributed by atoms with van der Waals surface area (Å²) in [5.74, 6) is 4.90. The van der Waals surface area contributed by atoms with Gasteiger partial charge in [-0.1, -0.05) is 30.0 Å². The Labute approximate surface area is 158 Å². The maximum Gasteiger partial charge on any atom is 0.237 e. The fraction of sp³-hybridized carbons (Fsp3) is 0.167. The molecule has 0 radical (unpaired) electrons. The molecule has 1 heterocycles. The molecule has 27 heavy (non-hydrogen) atoms. The van der Waals surface area contributed by atoms with Crippen LogP contribution in [0.1, 0.15) is 12.5 Å². The van der Waals surface area contributed by atoms with Gasteiger partial charge in [-0.05, 0) is 43.7 Å². The third kappa shape index (κ3) is 4.08. The van der Waals surface area contributed by atoms with Gasteiger partial charge in [0.1, 0.15) is 11.6 Å². The minimum atomic E-state index is -0.589. The lowest BCUT2D eigenvalue weighted by Gasteiger charge is -2.12. The summed E-state index contributed by atoms with van der Waals surface area (Å²) in [6.07, 6.45) is 0. The van der Waals surface area contributed by atoms with E-state index in [4.69, 9.17) is 5.84 Å². The molecule has 2 aromatic carbocycles. The number of anilines is 1. The molecule has 6 nitrogen and oxygen atoms in total. The second-order valence-corrected chi connectivity index (χ2v) is 7.18. The van der Waals surface area contributed by atoms with Crippen molar-refractivity contribution in [3.63, 3.8) is 0 Å². The largest absolute Gasteiger partial charge is 0.335 e. The van der Waals surface area contributed by atoms with Gasteiger partial charge in [-0.25, -0.2) is 13.5 Å². The number of carbonyl (C=O) groups is 1. The normalized spacial score (nSPS) is 12.0. The van der Waals surface area contributed by atoms with Crippen molar-refractivity contribution in [3.05, 3.63) is 59.7 Å². The Bertz CT molecular complexity index is 992. The highest BCUT2D eigenvalue weighted by Crippen LogP contribution is 2.26. The predicted molar refractivity (Wildman–Crippen MR) is 101 cm³/mol. The third-order valence-electron chi connectivity index (χ3n) is 3.87. The van der Waals surface area contributed by atoms with Gasteiger partial charge in [0.2, 0.25) is 11.1 Å². The van der Waals surface area contributed by atoms with Crippen LogP contribution in [0.4, 0.5) is 14.5 Å². The Morgan fingerprint density at radius 2 is 1.93 bits per heavy atom. The molecule has 0 aliphatic carbocycles. The average molecular weight is 389 g/mol. The van der Waals surface area contributed by atoms with Crippen LogP contribution in [0.3, 0.4) is 0 Å². The SMILES string of the molecule is Cc1ccc(NC(=O)[C@H](C)Sc2nnc(-c3ccccc3F)n2N)cc1F. The van der Waals surface area contributed by atoms with Crippen LogP contribution in [0, 0.1) is 18.6 Å². The molecule has 0 fully saturated rings. The van der Waals surface area contributed by atoms with Crippen LogP contribution in [0.15, 0.2) is 47.6 Å². The number of benzene rings is 2. The van der Waals surface area contributed by atoms with E-state index in [1.54, 1.807) is 44.2 Å². The minimum absolute atomic E-state index is 0.156. The quantitative estimate of drug-likeness (QED) is 0.516. The Balaban J connectivity index is 1.72. The number of thioether (sulfide) groups is 1. The molecule has 0 unspecified atom stereocenters. The van der Waals surface area contributed by atoms with E-state index in [-0.39, 0.29) is 22.5 Å². The maximum absolute atomic E-state index is 13.9. The van der Waals surface area contributed by atoms with Crippen molar-refractivity contribution in [1.82, 2.24) is 14.9 Å². The summed E-state index contributed by atoms with van der Waals surface area (Å²) < 4.78 is 28.7. The minimum Gasteiger partial charge on any atom is -0.335 e. The molecule has 0 aliphatic rings. The second kappa shape index (κ2) is 7.75. The average Bonchev–Trinajstić information content (AvgIpc) is 2.99.